The number of hydroxylamine groups is 1. The molecule has 5 nitrogen and oxygen atoms in total. The topological polar surface area (TPSA) is 74.2 Å². The normalized spacial score (nSPS) is 13.2. The molecule has 7 heteroatoms. The van der Waals surface area contributed by atoms with Gasteiger partial charge in [-0.15, -0.1) is 0 Å². The Labute approximate surface area is 170 Å². The fourth-order valence-electron chi connectivity index (χ4n) is 3.44. The van der Waals surface area contributed by atoms with Crippen molar-refractivity contribution in [1.82, 2.24) is 15.8 Å². The average Bonchev–Trinajstić information content (AvgIpc) is 2.70. The summed E-state index contributed by atoms with van der Waals surface area (Å²) in [5.41, 5.74) is 4.50. The molecule has 0 fully saturated rings. The van der Waals surface area contributed by atoms with Crippen molar-refractivity contribution >= 4 is 5.91 Å². The lowest BCUT2D eigenvalue weighted by molar-refractivity contribution is -0.133. The van der Waals surface area contributed by atoms with Gasteiger partial charge in [0.05, 0.1) is 11.9 Å². The Morgan fingerprint density at radius 2 is 1.86 bits per heavy atom. The van der Waals surface area contributed by atoms with Gasteiger partial charge in [-0.1, -0.05) is 18.6 Å². The number of hydrogen-bond donors (Lipinski definition) is 3. The van der Waals surface area contributed by atoms with Crippen molar-refractivity contribution in [1.29, 1.82) is 0 Å². The maximum atomic E-state index is 13.8. The molecule has 0 radical (unpaired) electrons. The van der Waals surface area contributed by atoms with Crippen molar-refractivity contribution in [3.63, 3.8) is 0 Å². The summed E-state index contributed by atoms with van der Waals surface area (Å²) in [6, 6.07) is 6.54. The van der Waals surface area contributed by atoms with Crippen molar-refractivity contribution in [3.05, 3.63) is 64.5 Å². The van der Waals surface area contributed by atoms with Gasteiger partial charge in [0.2, 0.25) is 5.91 Å². The number of aryl methyl sites for hydroxylation is 2. The van der Waals surface area contributed by atoms with E-state index < -0.39 is 5.91 Å². The molecule has 0 aliphatic rings. The third-order valence-electron chi connectivity index (χ3n) is 5.08. The van der Waals surface area contributed by atoms with Crippen LogP contribution in [0.25, 0.3) is 0 Å². The molecule has 2 atom stereocenters. The molecule has 0 saturated carbocycles. The predicted octanol–water partition coefficient (Wildman–Crippen LogP) is 4.16. The third kappa shape index (κ3) is 6.87. The minimum Gasteiger partial charge on any atom is -0.309 e. The Hall–Kier alpha value is -2.38. The summed E-state index contributed by atoms with van der Waals surface area (Å²) in [6.07, 6.45) is 3.87. The number of pyridine rings is 1. The average molecular weight is 405 g/mol. The van der Waals surface area contributed by atoms with E-state index in [-0.39, 0.29) is 23.6 Å². The number of nitrogens with zero attached hydrogens (tertiary/aromatic N) is 1. The zero-order valence-corrected chi connectivity index (χ0v) is 17.1. The lowest BCUT2D eigenvalue weighted by atomic mass is 9.91. The van der Waals surface area contributed by atoms with Gasteiger partial charge >= 0.3 is 0 Å². The van der Waals surface area contributed by atoms with Crippen LogP contribution in [0.5, 0.6) is 0 Å². The summed E-state index contributed by atoms with van der Waals surface area (Å²) < 4.78 is 26.8. The van der Waals surface area contributed by atoms with E-state index >= 15 is 0 Å². The van der Waals surface area contributed by atoms with E-state index in [1.807, 2.05) is 6.92 Å². The molecular weight excluding hydrogens is 376 g/mol. The van der Waals surface area contributed by atoms with E-state index in [1.54, 1.807) is 37.5 Å². The van der Waals surface area contributed by atoms with E-state index in [9.17, 15) is 13.6 Å². The molecule has 1 amide bonds. The number of carbonyl (C=O) groups is 1. The Balaban J connectivity index is 1.83. The van der Waals surface area contributed by atoms with Gasteiger partial charge in [0.15, 0.2) is 0 Å². The van der Waals surface area contributed by atoms with Gasteiger partial charge in [-0.25, -0.2) is 14.3 Å². The van der Waals surface area contributed by atoms with Crippen molar-refractivity contribution < 1.29 is 18.8 Å². The van der Waals surface area contributed by atoms with Gasteiger partial charge in [-0.3, -0.25) is 15.0 Å². The molecule has 0 unspecified atom stereocenters. The maximum absolute atomic E-state index is 13.8. The van der Waals surface area contributed by atoms with Gasteiger partial charge in [0, 0.05) is 12.0 Å². The van der Waals surface area contributed by atoms with Crippen LogP contribution in [0, 0.1) is 31.4 Å². The number of aromatic nitrogens is 1. The molecule has 0 saturated heterocycles. The quantitative estimate of drug-likeness (QED) is 0.315. The molecule has 0 bridgehead atoms. The summed E-state index contributed by atoms with van der Waals surface area (Å²) in [7, 11) is 0. The number of amides is 1. The van der Waals surface area contributed by atoms with Gasteiger partial charge in [-0.05, 0) is 75.4 Å². The second-order valence-electron chi connectivity index (χ2n) is 7.49. The Kier molecular flexibility index (Phi) is 8.67. The van der Waals surface area contributed by atoms with Crippen LogP contribution in [0.15, 0.2) is 30.5 Å². The third-order valence-corrected chi connectivity index (χ3v) is 5.08. The number of carbonyl (C=O) groups excluding carboxylic acids is 1. The molecule has 1 aromatic carbocycles. The SMILES string of the molecule is Cc1cc(C[C@H](CCCCN[C@H](C)c2ccc(F)cn2)C(=O)NO)cc(C)c1F. The lowest BCUT2D eigenvalue weighted by Crippen LogP contribution is -2.29. The summed E-state index contributed by atoms with van der Waals surface area (Å²) >= 11 is 0. The second-order valence-corrected chi connectivity index (χ2v) is 7.49. The summed E-state index contributed by atoms with van der Waals surface area (Å²) in [6.45, 7) is 6.09. The number of nitrogens with one attached hydrogen (secondary N) is 2. The molecule has 1 heterocycles. The molecule has 0 aliphatic heterocycles. The minimum atomic E-state index is -0.429. The number of unbranched alkanes of at least 4 members (excludes halogenated alkanes) is 1. The molecule has 0 spiro atoms. The Bertz CT molecular complexity index is 789. The van der Waals surface area contributed by atoms with Crippen LogP contribution in [-0.4, -0.2) is 22.6 Å². The van der Waals surface area contributed by atoms with E-state index in [1.165, 1.54) is 12.3 Å². The standard InChI is InChI=1S/C22H29F2N3O2/c1-14-10-17(11-15(2)21(14)24)12-18(22(28)27-29)6-4-5-9-25-16(3)20-8-7-19(23)13-26-20/h7-8,10-11,13,16,18,25,29H,4-6,9,12H2,1-3H3,(H,27,28)/t16-,18+/m1/s1. The minimum absolute atomic E-state index is 0.00250. The largest absolute Gasteiger partial charge is 0.309 e. The summed E-state index contributed by atoms with van der Waals surface area (Å²) in [4.78, 5) is 16.1. The molecule has 0 aliphatic carbocycles. The van der Waals surface area contributed by atoms with Crippen LogP contribution in [0.4, 0.5) is 8.78 Å². The molecular formula is C22H29F2N3O2. The molecule has 29 heavy (non-hydrogen) atoms. The first-order chi connectivity index (χ1) is 13.8. The van der Waals surface area contributed by atoms with Gasteiger partial charge < -0.3 is 5.32 Å². The molecule has 2 rings (SSSR count). The highest BCUT2D eigenvalue weighted by molar-refractivity contribution is 5.77. The van der Waals surface area contributed by atoms with Gasteiger partial charge in [0.1, 0.15) is 11.6 Å². The van der Waals surface area contributed by atoms with Crippen molar-refractivity contribution in [2.75, 3.05) is 6.54 Å². The van der Waals surface area contributed by atoms with Crippen LogP contribution in [0.3, 0.4) is 0 Å². The first kappa shape index (κ1) is 22.9. The van der Waals surface area contributed by atoms with E-state index in [2.05, 4.69) is 10.3 Å². The first-order valence-corrected chi connectivity index (χ1v) is 9.86. The Morgan fingerprint density at radius 3 is 2.45 bits per heavy atom. The van der Waals surface area contributed by atoms with Gasteiger partial charge in [0.25, 0.3) is 0 Å². The van der Waals surface area contributed by atoms with Crippen LogP contribution in [-0.2, 0) is 11.2 Å². The van der Waals surface area contributed by atoms with Crippen LogP contribution >= 0.6 is 0 Å². The predicted molar refractivity (Wildman–Crippen MR) is 107 cm³/mol. The fourth-order valence-corrected chi connectivity index (χ4v) is 3.44. The highest BCUT2D eigenvalue weighted by atomic mass is 19.1. The number of hydrogen-bond acceptors (Lipinski definition) is 4. The van der Waals surface area contributed by atoms with Crippen LogP contribution < -0.4 is 10.8 Å². The number of halogens is 2. The smallest absolute Gasteiger partial charge is 0.246 e. The molecule has 2 aromatic rings. The zero-order valence-electron chi connectivity index (χ0n) is 17.1. The highest BCUT2D eigenvalue weighted by Crippen LogP contribution is 2.20. The van der Waals surface area contributed by atoms with Crippen molar-refractivity contribution in [2.45, 2.75) is 52.5 Å². The summed E-state index contributed by atoms with van der Waals surface area (Å²) in [5.74, 6) is -1.41. The monoisotopic (exact) mass is 405 g/mol. The highest BCUT2D eigenvalue weighted by Gasteiger charge is 2.19. The fraction of sp³-hybridized carbons (Fsp3) is 0.455. The van der Waals surface area contributed by atoms with Crippen molar-refractivity contribution in [3.8, 4) is 0 Å². The number of benzene rings is 1. The molecule has 3 N–H and O–H groups in total. The van der Waals surface area contributed by atoms with E-state index in [4.69, 9.17) is 5.21 Å². The molecule has 158 valence electrons. The van der Waals surface area contributed by atoms with Crippen LogP contribution in [0.1, 0.15) is 54.6 Å². The zero-order chi connectivity index (χ0) is 21.4. The molecule has 1 aromatic heterocycles. The van der Waals surface area contributed by atoms with E-state index in [0.717, 1.165) is 30.6 Å². The Morgan fingerprint density at radius 1 is 1.17 bits per heavy atom. The maximum Gasteiger partial charge on any atom is 0.246 e. The van der Waals surface area contributed by atoms with E-state index in [0.29, 0.717) is 24.0 Å². The second kappa shape index (κ2) is 11.0. The lowest BCUT2D eigenvalue weighted by Gasteiger charge is -2.17. The van der Waals surface area contributed by atoms with Gasteiger partial charge in [-0.2, -0.15) is 0 Å². The number of rotatable bonds is 10. The first-order valence-electron chi connectivity index (χ1n) is 9.86. The van der Waals surface area contributed by atoms with Crippen molar-refractivity contribution in [2.24, 2.45) is 5.92 Å². The summed E-state index contributed by atoms with van der Waals surface area (Å²) in [5, 5.41) is 12.4. The van der Waals surface area contributed by atoms with Crippen LogP contribution in [0.2, 0.25) is 0 Å².